The van der Waals surface area contributed by atoms with Crippen LogP contribution in [0.5, 0.6) is 0 Å². The summed E-state index contributed by atoms with van der Waals surface area (Å²) in [4.78, 5) is 4.31. The number of rotatable bonds is 4. The van der Waals surface area contributed by atoms with Crippen LogP contribution in [0, 0.1) is 0 Å². The fourth-order valence-corrected chi connectivity index (χ4v) is 6.23. The molecule has 0 saturated heterocycles. The van der Waals surface area contributed by atoms with Crippen molar-refractivity contribution in [2.24, 2.45) is 0 Å². The van der Waals surface area contributed by atoms with Gasteiger partial charge in [0.15, 0.2) is 0 Å². The zero-order valence-corrected chi connectivity index (χ0v) is 25.4. The van der Waals surface area contributed by atoms with Gasteiger partial charge in [-0.3, -0.25) is 0 Å². The maximum absolute atomic E-state index is 13.4. The van der Waals surface area contributed by atoms with Crippen LogP contribution in [0.2, 0.25) is 0 Å². The fourth-order valence-electron chi connectivity index (χ4n) is 6.23. The van der Waals surface area contributed by atoms with E-state index >= 15 is 0 Å². The first-order chi connectivity index (χ1) is 23.5. The lowest BCUT2D eigenvalue weighted by atomic mass is 9.95. The lowest BCUT2D eigenvalue weighted by Crippen LogP contribution is -2.11. The Morgan fingerprint density at radius 2 is 0.857 bits per heavy atom. The molecule has 2 nitrogen and oxygen atoms in total. The molecule has 240 valence electrons. The van der Waals surface area contributed by atoms with E-state index in [2.05, 4.69) is 41.4 Å². The van der Waals surface area contributed by atoms with Crippen LogP contribution >= 0.6 is 0 Å². The molecule has 0 N–H and O–H groups in total. The van der Waals surface area contributed by atoms with Gasteiger partial charge in [0, 0.05) is 17.0 Å². The van der Waals surface area contributed by atoms with Gasteiger partial charge < -0.3 is 4.42 Å². The van der Waals surface area contributed by atoms with E-state index < -0.39 is 23.5 Å². The molecular weight excluding hydrogens is 636 g/mol. The predicted molar refractivity (Wildman–Crippen MR) is 181 cm³/mol. The van der Waals surface area contributed by atoms with Crippen molar-refractivity contribution in [3.05, 3.63) is 151 Å². The maximum Gasteiger partial charge on any atom is 0.416 e. The summed E-state index contributed by atoms with van der Waals surface area (Å²) < 4.78 is 86.1. The van der Waals surface area contributed by atoms with Crippen LogP contribution < -0.4 is 0 Å². The van der Waals surface area contributed by atoms with Gasteiger partial charge in [-0.1, -0.05) is 78.9 Å². The highest BCUT2D eigenvalue weighted by Crippen LogP contribution is 2.39. The SMILES string of the molecule is FC(F)(F)c1cc(-c2ccc(-c3ccc4cc(-c5ccc(-c6ccc7oc8ncccc8c7c6)cc5)ccc4c3)cc2)cc(C(F)(F)F)c1. The molecule has 8 heteroatoms. The number of fused-ring (bicyclic) bond motifs is 4. The molecule has 0 spiro atoms. The van der Waals surface area contributed by atoms with Crippen molar-refractivity contribution in [2.75, 3.05) is 0 Å². The van der Waals surface area contributed by atoms with Gasteiger partial charge in [0.1, 0.15) is 5.58 Å². The fraction of sp³-hybridized carbons (Fsp3) is 0.0488. The Bertz CT molecular complexity index is 2480. The van der Waals surface area contributed by atoms with Crippen molar-refractivity contribution in [2.45, 2.75) is 12.4 Å². The minimum Gasteiger partial charge on any atom is -0.438 e. The van der Waals surface area contributed by atoms with Crippen molar-refractivity contribution >= 4 is 32.8 Å². The highest BCUT2D eigenvalue weighted by Gasteiger charge is 2.37. The van der Waals surface area contributed by atoms with Gasteiger partial charge in [-0.2, -0.15) is 26.3 Å². The molecule has 2 aromatic heterocycles. The third-order valence-electron chi connectivity index (χ3n) is 8.78. The molecule has 0 saturated carbocycles. The van der Waals surface area contributed by atoms with Crippen LogP contribution in [-0.2, 0) is 12.4 Å². The Hall–Kier alpha value is -5.89. The number of pyridine rings is 1. The first-order valence-corrected chi connectivity index (χ1v) is 15.3. The van der Waals surface area contributed by atoms with Crippen LogP contribution in [0.4, 0.5) is 26.3 Å². The molecule has 0 fully saturated rings. The normalized spacial score (nSPS) is 12.3. The average Bonchev–Trinajstić information content (AvgIpc) is 3.48. The van der Waals surface area contributed by atoms with Crippen LogP contribution in [0.25, 0.3) is 77.3 Å². The Morgan fingerprint density at radius 3 is 1.37 bits per heavy atom. The molecule has 6 aromatic carbocycles. The van der Waals surface area contributed by atoms with Crippen LogP contribution in [0.1, 0.15) is 11.1 Å². The van der Waals surface area contributed by atoms with E-state index in [9.17, 15) is 26.3 Å². The molecular formula is C41H23F6NO. The Morgan fingerprint density at radius 1 is 0.408 bits per heavy atom. The van der Waals surface area contributed by atoms with E-state index in [0.29, 0.717) is 5.71 Å². The van der Waals surface area contributed by atoms with Crippen LogP contribution in [-0.4, -0.2) is 4.98 Å². The van der Waals surface area contributed by atoms with Gasteiger partial charge in [-0.15, -0.1) is 0 Å². The highest BCUT2D eigenvalue weighted by atomic mass is 19.4. The van der Waals surface area contributed by atoms with Crippen molar-refractivity contribution in [3.8, 4) is 44.5 Å². The second-order valence-electron chi connectivity index (χ2n) is 11.9. The summed E-state index contributed by atoms with van der Waals surface area (Å²) >= 11 is 0. The topological polar surface area (TPSA) is 26.0 Å². The molecule has 49 heavy (non-hydrogen) atoms. The van der Waals surface area contributed by atoms with Crippen molar-refractivity contribution < 1.29 is 30.8 Å². The molecule has 0 unspecified atom stereocenters. The van der Waals surface area contributed by atoms with E-state index in [1.807, 2.05) is 54.6 Å². The third-order valence-corrected chi connectivity index (χ3v) is 8.78. The van der Waals surface area contributed by atoms with Gasteiger partial charge in [0.05, 0.1) is 11.1 Å². The molecule has 8 rings (SSSR count). The second kappa shape index (κ2) is 11.4. The molecule has 0 aliphatic carbocycles. The van der Waals surface area contributed by atoms with E-state index in [1.165, 1.54) is 12.1 Å². The summed E-state index contributed by atoms with van der Waals surface area (Å²) in [6, 6.07) is 38.6. The number of aromatic nitrogens is 1. The molecule has 0 radical (unpaired) electrons. The highest BCUT2D eigenvalue weighted by molar-refractivity contribution is 6.05. The minimum atomic E-state index is -4.91. The number of furan rings is 1. The average molecular weight is 660 g/mol. The minimum absolute atomic E-state index is 0.135. The van der Waals surface area contributed by atoms with Crippen LogP contribution in [0.3, 0.4) is 0 Å². The summed E-state index contributed by atoms with van der Waals surface area (Å²) in [5.41, 5.74) is 4.75. The third kappa shape index (κ3) is 5.80. The molecule has 0 atom stereocenters. The summed E-state index contributed by atoms with van der Waals surface area (Å²) in [7, 11) is 0. The second-order valence-corrected chi connectivity index (χ2v) is 11.9. The summed E-state index contributed by atoms with van der Waals surface area (Å²) in [5.74, 6) is 0. The van der Waals surface area contributed by atoms with Gasteiger partial charge in [-0.25, -0.2) is 4.98 Å². The summed E-state index contributed by atoms with van der Waals surface area (Å²) in [6.45, 7) is 0. The molecule has 0 bridgehead atoms. The van der Waals surface area contributed by atoms with E-state index in [1.54, 1.807) is 18.3 Å². The van der Waals surface area contributed by atoms with Crippen molar-refractivity contribution in [3.63, 3.8) is 0 Å². The van der Waals surface area contributed by atoms with Crippen molar-refractivity contribution in [1.82, 2.24) is 4.98 Å². The lowest BCUT2D eigenvalue weighted by molar-refractivity contribution is -0.143. The van der Waals surface area contributed by atoms with E-state index in [4.69, 9.17) is 4.42 Å². The maximum atomic E-state index is 13.4. The number of halogens is 6. The largest absolute Gasteiger partial charge is 0.438 e. The Labute approximate surface area is 275 Å². The Balaban J connectivity index is 1.04. The smallest absolute Gasteiger partial charge is 0.416 e. The Kier molecular flexibility index (Phi) is 7.07. The summed E-state index contributed by atoms with van der Waals surface area (Å²) in [6.07, 6.45) is -8.10. The van der Waals surface area contributed by atoms with Gasteiger partial charge in [0.2, 0.25) is 5.71 Å². The summed E-state index contributed by atoms with van der Waals surface area (Å²) in [5, 5.41) is 4.01. The number of benzene rings is 6. The van der Waals surface area contributed by atoms with Gasteiger partial charge >= 0.3 is 12.4 Å². The standard InChI is InChI=1S/C41H23F6NO/c42-40(43,44)34-20-33(21-35(23-34)41(45,46)47)27-9-7-25(8-10-27)29-12-14-30-18-28(11-13-31(30)19-29)24-3-5-26(6-4-24)32-15-16-38-37(22-32)36-2-1-17-48-39(36)49-38/h1-23H. The first kappa shape index (κ1) is 30.4. The molecule has 2 heterocycles. The molecule has 0 aliphatic heterocycles. The van der Waals surface area contributed by atoms with Crippen LogP contribution in [0.15, 0.2) is 144 Å². The monoisotopic (exact) mass is 659 g/mol. The first-order valence-electron chi connectivity index (χ1n) is 15.3. The zero-order valence-electron chi connectivity index (χ0n) is 25.4. The number of hydrogen-bond acceptors (Lipinski definition) is 2. The molecule has 8 aromatic rings. The molecule has 0 amide bonds. The van der Waals surface area contributed by atoms with Crippen molar-refractivity contribution in [1.29, 1.82) is 0 Å². The van der Waals surface area contributed by atoms with Gasteiger partial charge in [0.25, 0.3) is 0 Å². The van der Waals surface area contributed by atoms with E-state index in [0.717, 1.165) is 72.6 Å². The molecule has 0 aliphatic rings. The van der Waals surface area contributed by atoms with E-state index in [-0.39, 0.29) is 17.2 Å². The lowest BCUT2D eigenvalue weighted by Gasteiger charge is -2.14. The predicted octanol–water partition coefficient (Wildman–Crippen LogP) is 12.8. The number of alkyl halides is 6. The zero-order chi connectivity index (χ0) is 33.9. The van der Waals surface area contributed by atoms with Gasteiger partial charge in [-0.05, 0) is 110 Å². The number of hydrogen-bond donors (Lipinski definition) is 0. The number of nitrogens with zero attached hydrogens (tertiary/aromatic N) is 1. The quantitative estimate of drug-likeness (QED) is 0.176.